The van der Waals surface area contributed by atoms with Crippen molar-refractivity contribution >= 4 is 53.3 Å². The summed E-state index contributed by atoms with van der Waals surface area (Å²) in [5, 5.41) is 4.46. The molecule has 0 amide bonds. The van der Waals surface area contributed by atoms with Crippen LogP contribution in [0.2, 0.25) is 0 Å². The maximum absolute atomic E-state index is 9.10. The smallest absolute Gasteiger partial charge is 0.165 e. The van der Waals surface area contributed by atoms with Crippen LogP contribution in [0.5, 0.6) is 0 Å². The van der Waals surface area contributed by atoms with Crippen molar-refractivity contribution in [1.82, 2.24) is 19.5 Å². The van der Waals surface area contributed by atoms with Gasteiger partial charge in [0, 0.05) is 59.2 Å². The molecule has 69 heavy (non-hydrogen) atoms. The number of fused-ring (bicyclic) bond motifs is 10. The number of hydrogen-bond donors (Lipinski definition) is 0. The lowest BCUT2D eigenvalue weighted by Crippen LogP contribution is -2.05. The van der Waals surface area contributed by atoms with E-state index in [-0.39, 0.29) is 29.4 Å². The van der Waals surface area contributed by atoms with Crippen LogP contribution in [0.25, 0.3) is 115 Å². The lowest BCUT2D eigenvalue weighted by Gasteiger charge is -2.19. The van der Waals surface area contributed by atoms with Crippen LogP contribution in [0.15, 0.2) is 236 Å². The van der Waals surface area contributed by atoms with Gasteiger partial charge in [0.15, 0.2) is 17.5 Å². The van der Waals surface area contributed by atoms with Crippen LogP contribution in [0.3, 0.4) is 0 Å². The van der Waals surface area contributed by atoms with Crippen LogP contribution < -0.4 is 0 Å². The van der Waals surface area contributed by atoms with Gasteiger partial charge in [-0.25, -0.2) is 15.0 Å². The van der Waals surface area contributed by atoms with Crippen molar-refractivity contribution in [2.45, 2.75) is 5.92 Å². The summed E-state index contributed by atoms with van der Waals surface area (Å²) < 4.78 is 48.5. The van der Waals surface area contributed by atoms with E-state index in [0.717, 1.165) is 70.3 Å². The highest BCUT2D eigenvalue weighted by Gasteiger charge is 2.35. The predicted molar refractivity (Wildman–Crippen MR) is 287 cm³/mol. The predicted octanol–water partition coefficient (Wildman–Crippen LogP) is 16.8. The molecule has 10 aromatic carbocycles. The first-order chi connectivity index (χ1) is 36.3. The molecule has 3 heterocycles. The van der Waals surface area contributed by atoms with Crippen LogP contribution in [0.1, 0.15) is 29.5 Å². The number of para-hydroxylation sites is 2. The summed E-state index contributed by atoms with van der Waals surface area (Å²) in [6.07, 6.45) is 0. The number of nitrogens with zero attached hydrogens (tertiary/aromatic N) is 4. The molecular weight excluding hydrogens is 857 g/mol. The molecule has 4 nitrogen and oxygen atoms in total. The van der Waals surface area contributed by atoms with Gasteiger partial charge in [0.1, 0.15) is 0 Å². The number of aromatic nitrogens is 4. The lowest BCUT2D eigenvalue weighted by atomic mass is 9.86. The molecule has 0 saturated carbocycles. The summed E-state index contributed by atoms with van der Waals surface area (Å²) in [7, 11) is 0. The molecule has 0 spiro atoms. The first-order valence-electron chi connectivity index (χ1n) is 25.6. The first-order valence-corrected chi connectivity index (χ1v) is 23.9. The Morgan fingerprint density at radius 3 is 1.86 bits per heavy atom. The molecule has 5 heteroatoms. The van der Waals surface area contributed by atoms with Gasteiger partial charge in [-0.15, -0.1) is 11.3 Å². The Bertz CT molecular complexity index is 4410. The van der Waals surface area contributed by atoms with Gasteiger partial charge >= 0.3 is 0 Å². The highest BCUT2D eigenvalue weighted by atomic mass is 32.1. The Kier molecular flexibility index (Phi) is 7.98. The lowest BCUT2D eigenvalue weighted by molar-refractivity contribution is 1.01. The second kappa shape index (κ2) is 15.9. The standard InChI is InChI=1S/C64H40N4S/c1-5-19-40(20-6-1)43-25-17-26-44(37-43)47-32-18-33-53-54-38-45(39-55(61(54)69-60(47)53)64-66-62(41-21-7-2-8-22-41)65-63(67-64)42-23-9-3-10-24-42)57-50-31-14-13-29-48(50)51-35-36-52-49-30-15-16-34-56(49)68(59(52)58(51)57)46-27-11-4-12-28-46/h1-39,57H/i2D,7D,8D,21D,22D. The van der Waals surface area contributed by atoms with E-state index in [1.807, 2.05) is 36.4 Å². The zero-order valence-electron chi connectivity index (χ0n) is 41.9. The summed E-state index contributed by atoms with van der Waals surface area (Å²) in [6.45, 7) is 0. The van der Waals surface area contributed by atoms with E-state index < -0.39 is 18.1 Å². The zero-order chi connectivity index (χ0) is 49.8. The Morgan fingerprint density at radius 1 is 0.406 bits per heavy atom. The van der Waals surface area contributed by atoms with Gasteiger partial charge in [-0.05, 0) is 86.5 Å². The summed E-state index contributed by atoms with van der Waals surface area (Å²) in [4.78, 5) is 15.4. The topological polar surface area (TPSA) is 43.6 Å². The second-order valence-electron chi connectivity index (χ2n) is 17.5. The fourth-order valence-electron chi connectivity index (χ4n) is 10.6. The fourth-order valence-corrected chi connectivity index (χ4v) is 11.9. The molecule has 1 aliphatic rings. The third-order valence-electron chi connectivity index (χ3n) is 13.6. The molecule has 0 N–H and O–H groups in total. The minimum absolute atomic E-state index is 0.00502. The van der Waals surface area contributed by atoms with Gasteiger partial charge in [-0.1, -0.05) is 200 Å². The van der Waals surface area contributed by atoms with Crippen LogP contribution in [-0.2, 0) is 0 Å². The third-order valence-corrected chi connectivity index (χ3v) is 14.9. The summed E-state index contributed by atoms with van der Waals surface area (Å²) >= 11 is 1.69. The molecule has 1 unspecified atom stereocenters. The van der Waals surface area contributed by atoms with Gasteiger partial charge in [0.25, 0.3) is 0 Å². The number of hydrogen-bond acceptors (Lipinski definition) is 4. The Hall–Kier alpha value is -8.77. The van der Waals surface area contributed by atoms with Crippen LogP contribution in [0, 0.1) is 0 Å². The molecule has 0 radical (unpaired) electrons. The third kappa shape index (κ3) is 6.39. The van der Waals surface area contributed by atoms with Crippen LogP contribution in [0.4, 0.5) is 0 Å². The van der Waals surface area contributed by atoms with Gasteiger partial charge in [0.2, 0.25) is 0 Å². The van der Waals surface area contributed by atoms with Crippen molar-refractivity contribution in [3.8, 4) is 73.2 Å². The van der Waals surface area contributed by atoms with Crippen molar-refractivity contribution in [3.63, 3.8) is 0 Å². The molecule has 1 atom stereocenters. The van der Waals surface area contributed by atoms with Crippen molar-refractivity contribution in [3.05, 3.63) is 253 Å². The highest BCUT2D eigenvalue weighted by molar-refractivity contribution is 7.26. The van der Waals surface area contributed by atoms with Gasteiger partial charge in [-0.2, -0.15) is 0 Å². The van der Waals surface area contributed by atoms with E-state index in [0.29, 0.717) is 17.2 Å². The summed E-state index contributed by atoms with van der Waals surface area (Å²) in [6, 6.07) is 70.2. The molecule has 0 aliphatic heterocycles. The fraction of sp³-hybridized carbons (Fsp3) is 0.0156. The molecule has 0 bridgehead atoms. The number of rotatable bonds is 7. The van der Waals surface area contributed by atoms with E-state index in [1.165, 1.54) is 33.0 Å². The maximum atomic E-state index is 9.10. The van der Waals surface area contributed by atoms with E-state index in [2.05, 4.69) is 174 Å². The second-order valence-corrected chi connectivity index (χ2v) is 18.5. The van der Waals surface area contributed by atoms with Crippen LogP contribution >= 0.6 is 11.3 Å². The number of benzene rings is 10. The molecule has 0 fully saturated rings. The van der Waals surface area contributed by atoms with Gasteiger partial charge < -0.3 is 4.57 Å². The molecule has 1 aliphatic carbocycles. The van der Waals surface area contributed by atoms with E-state index in [9.17, 15) is 0 Å². The average Bonchev–Trinajstić information content (AvgIpc) is 4.20. The van der Waals surface area contributed by atoms with E-state index in [4.69, 9.17) is 21.8 Å². The van der Waals surface area contributed by atoms with Gasteiger partial charge in [0.05, 0.1) is 17.9 Å². The maximum Gasteiger partial charge on any atom is 0.165 e. The Labute approximate surface area is 410 Å². The molecule has 14 rings (SSSR count). The average molecular weight is 902 g/mol. The van der Waals surface area contributed by atoms with Crippen molar-refractivity contribution in [2.24, 2.45) is 0 Å². The Morgan fingerprint density at radius 2 is 1.03 bits per heavy atom. The highest BCUT2D eigenvalue weighted by Crippen LogP contribution is 2.54. The molecule has 322 valence electrons. The van der Waals surface area contributed by atoms with E-state index >= 15 is 0 Å². The number of thiophene rings is 1. The van der Waals surface area contributed by atoms with Crippen molar-refractivity contribution in [1.29, 1.82) is 0 Å². The molecular formula is C64H40N4S. The summed E-state index contributed by atoms with van der Waals surface area (Å²) in [5.41, 5.74) is 14.9. The quantitative estimate of drug-likeness (QED) is 0.160. The SMILES string of the molecule is [2H]c1c([2H])c([2H])c(-c2nc(-c3ccccc3)nc(-c3cc(C4c5ccccc5-c5ccc6c7ccccc7n(-c7ccccc7)c6c54)cc4c3sc3c(-c5cccc(-c6ccccc6)c5)cccc34)n2)c([2H])c1[2H]. The van der Waals surface area contributed by atoms with Gasteiger partial charge in [-0.3, -0.25) is 0 Å². The van der Waals surface area contributed by atoms with E-state index in [1.54, 1.807) is 11.3 Å². The minimum Gasteiger partial charge on any atom is -0.309 e. The first kappa shape index (κ1) is 34.5. The van der Waals surface area contributed by atoms with Crippen molar-refractivity contribution < 1.29 is 6.85 Å². The normalized spacial score (nSPS) is 14.1. The summed E-state index contributed by atoms with van der Waals surface area (Å²) in [5.74, 6) is 0.405. The minimum atomic E-state index is -0.483. The molecule has 0 saturated heterocycles. The molecule has 13 aromatic rings. The zero-order valence-corrected chi connectivity index (χ0v) is 37.7. The Balaban J connectivity index is 1.10. The largest absolute Gasteiger partial charge is 0.309 e. The molecule has 3 aromatic heterocycles. The van der Waals surface area contributed by atoms with Crippen molar-refractivity contribution in [2.75, 3.05) is 0 Å². The van der Waals surface area contributed by atoms with Crippen LogP contribution in [-0.4, -0.2) is 19.5 Å². The monoisotopic (exact) mass is 901 g/mol.